The first-order valence-electron chi connectivity index (χ1n) is 19.3. The number of nitrogens with one attached hydrogen (secondary N) is 5. The first kappa shape index (κ1) is 39.5. The molecule has 60 heavy (non-hydrogen) atoms. The van der Waals surface area contributed by atoms with Gasteiger partial charge in [0.25, 0.3) is 0 Å². The molecule has 0 fully saturated rings. The standard InChI is InChI=1S/C22H20F3N5O2S.C19H16N4O3S/c23-22(24,25)5-6-26-21(32)12-2-4-15-14(7-12)18-19(27-10-28-20(18)30-15)29-13-3-1-11-8-17(31)33-16(11)9-13;24-15-6-9-1-3-11(7-14(9)27-15)22-17-16-12-5-10(19(25)26)2-4-13(12)23-18(16)21-8-20-17/h1,3,9-10,12H,2,4-8H2,(H,26,32)(H2,27,28,29,30);1,3,7-8,10H,2,4-6H2,(H,25,26)(H2,20,21,22,23). The lowest BCUT2D eigenvalue weighted by Crippen LogP contribution is -2.35. The number of aromatic amines is 2. The van der Waals surface area contributed by atoms with Gasteiger partial charge < -0.3 is 31.0 Å². The van der Waals surface area contributed by atoms with E-state index in [4.69, 9.17) is 0 Å². The van der Waals surface area contributed by atoms with Gasteiger partial charge >= 0.3 is 12.1 Å². The average Bonchev–Trinajstić information content (AvgIpc) is 3.98. The number of aromatic nitrogens is 6. The zero-order chi connectivity index (χ0) is 41.7. The Morgan fingerprint density at radius 1 is 0.750 bits per heavy atom. The topological polar surface area (TPSA) is 208 Å². The van der Waals surface area contributed by atoms with E-state index < -0.39 is 31.0 Å². The Labute approximate surface area is 347 Å². The number of aliphatic carboxylic acids is 1. The van der Waals surface area contributed by atoms with Crippen LogP contribution < -0.4 is 16.0 Å². The molecule has 0 spiro atoms. The van der Waals surface area contributed by atoms with Crippen molar-refractivity contribution in [3.8, 4) is 0 Å². The Kier molecular flexibility index (Phi) is 10.5. The molecule has 0 saturated carbocycles. The number of aryl methyl sites for hydroxylation is 2. The van der Waals surface area contributed by atoms with Crippen molar-refractivity contribution in [2.24, 2.45) is 11.8 Å². The number of carboxylic acids is 1. The number of fused-ring (bicyclic) bond motifs is 8. The molecule has 0 radical (unpaired) electrons. The minimum Gasteiger partial charge on any atom is -0.481 e. The van der Waals surface area contributed by atoms with Crippen LogP contribution in [0.5, 0.6) is 0 Å². The number of nitrogens with zero attached hydrogens (tertiary/aromatic N) is 4. The molecule has 2 aliphatic carbocycles. The van der Waals surface area contributed by atoms with Crippen LogP contribution in [-0.4, -0.2) is 69.8 Å². The van der Waals surface area contributed by atoms with Crippen LogP contribution in [0.3, 0.4) is 0 Å². The Morgan fingerprint density at radius 2 is 1.25 bits per heavy atom. The maximum Gasteiger partial charge on any atom is 0.390 e. The minimum atomic E-state index is -4.30. The largest absolute Gasteiger partial charge is 0.481 e. The summed E-state index contributed by atoms with van der Waals surface area (Å²) in [4.78, 5) is 73.2. The number of carbonyl (C=O) groups excluding carboxylic acids is 3. The molecule has 1 amide bonds. The maximum absolute atomic E-state index is 12.5. The first-order chi connectivity index (χ1) is 28.8. The summed E-state index contributed by atoms with van der Waals surface area (Å²) >= 11 is 2.49. The first-order valence-corrected chi connectivity index (χ1v) is 21.0. The van der Waals surface area contributed by atoms with Crippen LogP contribution in [0.25, 0.3) is 22.1 Å². The van der Waals surface area contributed by atoms with E-state index in [1.807, 2.05) is 36.4 Å². The number of amides is 1. The lowest BCUT2D eigenvalue weighted by Gasteiger charge is -2.22. The maximum atomic E-state index is 12.5. The van der Waals surface area contributed by atoms with Crippen molar-refractivity contribution in [2.45, 2.75) is 73.8 Å². The fraction of sp³-hybridized carbons (Fsp3) is 0.317. The van der Waals surface area contributed by atoms with Gasteiger partial charge in [-0.3, -0.25) is 19.2 Å². The van der Waals surface area contributed by atoms with Gasteiger partial charge in [-0.15, -0.1) is 0 Å². The predicted molar refractivity (Wildman–Crippen MR) is 219 cm³/mol. The Hall–Kier alpha value is -5.95. The number of hydrogen-bond acceptors (Lipinski definition) is 12. The highest BCUT2D eigenvalue weighted by Crippen LogP contribution is 2.40. The second-order valence-electron chi connectivity index (χ2n) is 15.1. The molecule has 10 rings (SSSR count). The van der Waals surface area contributed by atoms with Crippen LogP contribution in [0, 0.1) is 11.8 Å². The lowest BCUT2D eigenvalue weighted by molar-refractivity contribution is -0.142. The highest BCUT2D eigenvalue weighted by Gasteiger charge is 2.32. The van der Waals surface area contributed by atoms with E-state index in [0.717, 1.165) is 65.6 Å². The highest BCUT2D eigenvalue weighted by molar-refractivity contribution is 8.14. The Balaban J connectivity index is 0.000000157. The van der Waals surface area contributed by atoms with E-state index in [1.165, 1.54) is 36.2 Å². The zero-order valence-electron chi connectivity index (χ0n) is 31.7. The molecule has 2 aromatic carbocycles. The molecular formula is C41H36F3N9O5S2. The number of rotatable bonds is 8. The number of carbonyl (C=O) groups is 4. The summed E-state index contributed by atoms with van der Waals surface area (Å²) in [5.41, 5.74) is 8.92. The summed E-state index contributed by atoms with van der Waals surface area (Å²) in [5.74, 6) is -0.706. The van der Waals surface area contributed by atoms with Gasteiger partial charge in [0.1, 0.15) is 35.6 Å². The van der Waals surface area contributed by atoms with Gasteiger partial charge in [0.2, 0.25) is 5.91 Å². The molecule has 2 unspecified atom stereocenters. The van der Waals surface area contributed by atoms with Crippen molar-refractivity contribution < 1.29 is 37.5 Å². The molecule has 6 N–H and O–H groups in total. The van der Waals surface area contributed by atoms with Crippen LogP contribution in [0.4, 0.5) is 36.2 Å². The second-order valence-corrected chi connectivity index (χ2v) is 17.3. The number of anilines is 4. The fourth-order valence-electron chi connectivity index (χ4n) is 8.23. The summed E-state index contributed by atoms with van der Waals surface area (Å²) in [5, 5.41) is 20.3. The zero-order valence-corrected chi connectivity index (χ0v) is 33.3. The van der Waals surface area contributed by atoms with E-state index in [0.29, 0.717) is 74.3 Å². The molecule has 6 aromatic rings. The number of benzene rings is 2. The van der Waals surface area contributed by atoms with Gasteiger partial charge in [0.15, 0.2) is 10.2 Å². The van der Waals surface area contributed by atoms with E-state index in [2.05, 4.69) is 45.9 Å². The molecule has 19 heteroatoms. The van der Waals surface area contributed by atoms with E-state index in [9.17, 15) is 37.5 Å². The molecule has 0 saturated heterocycles. The molecule has 308 valence electrons. The molecule has 2 aliphatic heterocycles. The van der Waals surface area contributed by atoms with Crippen molar-refractivity contribution in [3.63, 3.8) is 0 Å². The van der Waals surface area contributed by atoms with Crippen molar-refractivity contribution in [1.29, 1.82) is 0 Å². The van der Waals surface area contributed by atoms with Crippen molar-refractivity contribution >= 4 is 90.7 Å². The normalized spacial score (nSPS) is 18.0. The quantitative estimate of drug-likeness (QED) is 0.0903. The minimum absolute atomic E-state index is 0.117. The molecule has 6 heterocycles. The average molecular weight is 856 g/mol. The molecule has 2 atom stereocenters. The highest BCUT2D eigenvalue weighted by atomic mass is 32.2. The van der Waals surface area contributed by atoms with Crippen LogP contribution >= 0.6 is 23.5 Å². The Morgan fingerprint density at radius 3 is 1.75 bits per heavy atom. The van der Waals surface area contributed by atoms with Crippen molar-refractivity contribution in [1.82, 2.24) is 35.2 Å². The summed E-state index contributed by atoms with van der Waals surface area (Å²) in [6, 6.07) is 11.6. The van der Waals surface area contributed by atoms with Crippen LogP contribution in [-0.2, 0) is 57.7 Å². The third-order valence-electron chi connectivity index (χ3n) is 11.2. The Bertz CT molecular complexity index is 2740. The molecular weight excluding hydrogens is 820 g/mol. The van der Waals surface area contributed by atoms with Crippen LogP contribution in [0.2, 0.25) is 0 Å². The van der Waals surface area contributed by atoms with Gasteiger partial charge in [-0.25, -0.2) is 19.9 Å². The van der Waals surface area contributed by atoms with E-state index in [-0.39, 0.29) is 22.1 Å². The fourth-order valence-corrected chi connectivity index (χ4v) is 10.1. The van der Waals surface area contributed by atoms with Gasteiger partial charge in [-0.1, -0.05) is 35.7 Å². The third-order valence-corrected chi connectivity index (χ3v) is 13.1. The summed E-state index contributed by atoms with van der Waals surface area (Å²) in [7, 11) is 0. The van der Waals surface area contributed by atoms with Gasteiger partial charge in [0.05, 0.1) is 23.1 Å². The van der Waals surface area contributed by atoms with E-state index in [1.54, 1.807) is 0 Å². The third kappa shape index (κ3) is 8.15. The molecule has 0 bridgehead atoms. The number of hydrogen-bond donors (Lipinski definition) is 6. The molecule has 14 nitrogen and oxygen atoms in total. The number of H-pyrrole nitrogens is 2. The number of alkyl halides is 3. The summed E-state index contributed by atoms with van der Waals surface area (Å²) in [6.07, 6.45) is 1.82. The monoisotopic (exact) mass is 855 g/mol. The second kappa shape index (κ2) is 15.9. The molecule has 4 aromatic heterocycles. The van der Waals surface area contributed by atoms with Crippen LogP contribution in [0.1, 0.15) is 52.9 Å². The smallest absolute Gasteiger partial charge is 0.390 e. The SMILES string of the molecule is O=C1Cc2ccc(Nc3ncnc4[nH]c5c(c34)CC(C(=O)NCCC(F)(F)F)CC5)cc2S1.O=C1Cc2ccc(Nc3ncnc4[nH]c5c(c34)CC(C(=O)O)CC5)cc2S1. The molecule has 4 aliphatic rings. The number of halogens is 3. The van der Waals surface area contributed by atoms with E-state index >= 15 is 0 Å². The van der Waals surface area contributed by atoms with Crippen molar-refractivity contribution in [3.05, 3.63) is 82.7 Å². The van der Waals surface area contributed by atoms with Gasteiger partial charge in [0, 0.05) is 57.9 Å². The summed E-state index contributed by atoms with van der Waals surface area (Å²) < 4.78 is 37.2. The number of thioether (sulfide) groups is 2. The lowest BCUT2D eigenvalue weighted by atomic mass is 9.86. The summed E-state index contributed by atoms with van der Waals surface area (Å²) in [6.45, 7) is -0.422. The predicted octanol–water partition coefficient (Wildman–Crippen LogP) is 7.12. The van der Waals surface area contributed by atoms with Gasteiger partial charge in [-0.2, -0.15) is 13.2 Å². The van der Waals surface area contributed by atoms with Crippen molar-refractivity contribution in [2.75, 3.05) is 17.2 Å². The number of carboxylic acid groups (broad SMARTS) is 1. The van der Waals surface area contributed by atoms with Gasteiger partial charge in [-0.05, 0) is 85.0 Å². The van der Waals surface area contributed by atoms with Crippen LogP contribution in [0.15, 0.2) is 58.8 Å².